The highest BCUT2D eigenvalue weighted by Crippen LogP contribution is 2.61. The first-order chi connectivity index (χ1) is 17.6. The number of hydrogen-bond acceptors (Lipinski definition) is 4. The molecule has 1 fully saturated rings. The van der Waals surface area contributed by atoms with Crippen molar-refractivity contribution in [2.24, 2.45) is 22.1 Å². The van der Waals surface area contributed by atoms with Crippen molar-refractivity contribution in [3.63, 3.8) is 0 Å². The standard InChI is InChI=1S/C31H23N3O2/c1-18-10-12-19(13-11-18)32-33-20-14-16-21(17-15-20)34-30(35)28-26-22-6-2-3-7-23(22)27(29(28)31(34)36)25-9-5-4-8-24(25)26/h2-17,26-29H,1H3/t26?,27?,28-,29-/m0/s1. The normalized spacial score (nSPS) is 23.6. The fraction of sp³-hybridized carbons (Fsp3) is 0.161. The summed E-state index contributed by atoms with van der Waals surface area (Å²) in [5.74, 6) is -1.19. The molecule has 0 radical (unpaired) electrons. The van der Waals surface area contributed by atoms with Crippen LogP contribution in [-0.2, 0) is 9.59 Å². The van der Waals surface area contributed by atoms with Crippen molar-refractivity contribution in [3.05, 3.63) is 125 Å². The Morgan fingerprint density at radius 1 is 0.556 bits per heavy atom. The lowest BCUT2D eigenvalue weighted by Gasteiger charge is -2.45. The monoisotopic (exact) mass is 469 g/mol. The molecular weight excluding hydrogens is 446 g/mol. The Morgan fingerprint density at radius 2 is 0.944 bits per heavy atom. The van der Waals surface area contributed by atoms with Crippen LogP contribution in [0.4, 0.5) is 17.1 Å². The number of nitrogens with zero attached hydrogens (tertiary/aromatic N) is 3. The Morgan fingerprint density at radius 3 is 1.36 bits per heavy atom. The average molecular weight is 470 g/mol. The van der Waals surface area contributed by atoms with Gasteiger partial charge in [-0.25, -0.2) is 4.90 Å². The lowest BCUT2D eigenvalue weighted by molar-refractivity contribution is -0.122. The molecule has 2 atom stereocenters. The molecule has 3 aliphatic carbocycles. The quantitative estimate of drug-likeness (QED) is 0.244. The minimum absolute atomic E-state index is 0.101. The van der Waals surface area contributed by atoms with E-state index in [1.807, 2.05) is 55.5 Å². The number of carbonyl (C=O) groups excluding carboxylic acids is 2. The number of rotatable bonds is 3. The lowest BCUT2D eigenvalue weighted by atomic mass is 9.55. The molecule has 4 aromatic rings. The summed E-state index contributed by atoms with van der Waals surface area (Å²) < 4.78 is 0. The Hall–Kier alpha value is -4.38. The summed E-state index contributed by atoms with van der Waals surface area (Å²) >= 11 is 0. The van der Waals surface area contributed by atoms with E-state index in [1.165, 1.54) is 32.7 Å². The van der Waals surface area contributed by atoms with Crippen molar-refractivity contribution in [1.82, 2.24) is 0 Å². The van der Waals surface area contributed by atoms with Crippen molar-refractivity contribution in [3.8, 4) is 0 Å². The van der Waals surface area contributed by atoms with E-state index < -0.39 is 0 Å². The van der Waals surface area contributed by atoms with Gasteiger partial charge in [-0.15, -0.1) is 0 Å². The molecule has 1 heterocycles. The van der Waals surface area contributed by atoms with Crippen LogP contribution in [0.3, 0.4) is 0 Å². The minimum atomic E-state index is -0.381. The number of imide groups is 1. The van der Waals surface area contributed by atoms with Crippen molar-refractivity contribution in [2.45, 2.75) is 18.8 Å². The maximum atomic E-state index is 13.8. The van der Waals surface area contributed by atoms with E-state index in [9.17, 15) is 9.59 Å². The summed E-state index contributed by atoms with van der Waals surface area (Å²) in [4.78, 5) is 29.1. The summed E-state index contributed by atoms with van der Waals surface area (Å²) in [5, 5.41) is 8.59. The SMILES string of the molecule is Cc1ccc(N=Nc2ccc(N3C(=O)[C@H]4C5c6ccccc6C(c6ccccc65)[C@@H]4C3=O)cc2)cc1. The molecule has 0 spiro atoms. The van der Waals surface area contributed by atoms with Crippen LogP contribution < -0.4 is 4.90 Å². The third-order valence-corrected chi connectivity index (χ3v) is 7.87. The van der Waals surface area contributed by atoms with Crippen LogP contribution in [0.5, 0.6) is 0 Å². The molecule has 0 aromatic heterocycles. The zero-order valence-corrected chi connectivity index (χ0v) is 19.7. The average Bonchev–Trinajstić information content (AvgIpc) is 3.19. The van der Waals surface area contributed by atoms with Crippen LogP contribution >= 0.6 is 0 Å². The molecule has 174 valence electrons. The van der Waals surface area contributed by atoms with Crippen molar-refractivity contribution >= 4 is 28.9 Å². The number of carbonyl (C=O) groups is 2. The molecule has 5 nitrogen and oxygen atoms in total. The minimum Gasteiger partial charge on any atom is -0.274 e. The molecule has 0 unspecified atom stereocenters. The van der Waals surface area contributed by atoms with Crippen LogP contribution in [0, 0.1) is 18.8 Å². The predicted molar refractivity (Wildman–Crippen MR) is 138 cm³/mol. The van der Waals surface area contributed by atoms with Gasteiger partial charge >= 0.3 is 0 Å². The van der Waals surface area contributed by atoms with Gasteiger partial charge in [0, 0.05) is 11.8 Å². The van der Waals surface area contributed by atoms with E-state index in [2.05, 4.69) is 34.5 Å². The zero-order chi connectivity index (χ0) is 24.4. The maximum absolute atomic E-state index is 13.8. The highest BCUT2D eigenvalue weighted by Gasteiger charge is 2.61. The molecule has 0 N–H and O–H groups in total. The third kappa shape index (κ3) is 2.95. The predicted octanol–water partition coefficient (Wildman–Crippen LogP) is 6.81. The number of aryl methyl sites for hydroxylation is 1. The van der Waals surface area contributed by atoms with Gasteiger partial charge in [0.15, 0.2) is 0 Å². The van der Waals surface area contributed by atoms with Crippen molar-refractivity contribution in [2.75, 3.05) is 4.90 Å². The fourth-order valence-corrected chi connectivity index (χ4v) is 6.33. The molecule has 36 heavy (non-hydrogen) atoms. The van der Waals surface area contributed by atoms with Crippen LogP contribution in [0.25, 0.3) is 0 Å². The maximum Gasteiger partial charge on any atom is 0.238 e. The first-order valence-corrected chi connectivity index (χ1v) is 12.3. The number of hydrogen-bond donors (Lipinski definition) is 0. The molecule has 0 saturated carbocycles. The Kier molecular flexibility index (Phi) is 4.55. The van der Waals surface area contributed by atoms with Gasteiger partial charge in [0.1, 0.15) is 0 Å². The van der Waals surface area contributed by atoms with Gasteiger partial charge in [0.25, 0.3) is 0 Å². The van der Waals surface area contributed by atoms with Gasteiger partial charge in [-0.05, 0) is 65.6 Å². The first-order valence-electron chi connectivity index (χ1n) is 12.3. The van der Waals surface area contributed by atoms with Crippen LogP contribution in [0.15, 0.2) is 107 Å². The van der Waals surface area contributed by atoms with Gasteiger partial charge in [0.05, 0.1) is 28.9 Å². The lowest BCUT2D eigenvalue weighted by Crippen LogP contribution is -2.41. The second kappa shape index (κ2) is 7.82. The van der Waals surface area contributed by atoms with Crippen LogP contribution in [0.1, 0.15) is 39.7 Å². The molecule has 8 rings (SSSR count). The van der Waals surface area contributed by atoms with Gasteiger partial charge < -0.3 is 0 Å². The summed E-state index contributed by atoms with van der Waals surface area (Å²) in [6.07, 6.45) is 0. The largest absolute Gasteiger partial charge is 0.274 e. The summed E-state index contributed by atoms with van der Waals surface area (Å²) in [6, 6.07) is 31.6. The Labute approximate surface area is 209 Å². The number of amides is 2. The van der Waals surface area contributed by atoms with Gasteiger partial charge in [-0.2, -0.15) is 10.2 Å². The fourth-order valence-electron chi connectivity index (χ4n) is 6.33. The summed E-state index contributed by atoms with van der Waals surface area (Å²) in [7, 11) is 0. The Bertz CT molecular complexity index is 1440. The van der Waals surface area contributed by atoms with E-state index in [0.29, 0.717) is 11.4 Å². The second-order valence-electron chi connectivity index (χ2n) is 9.83. The number of anilines is 1. The zero-order valence-electron chi connectivity index (χ0n) is 19.7. The molecule has 2 bridgehead atoms. The van der Waals surface area contributed by atoms with Gasteiger partial charge in [0.2, 0.25) is 11.8 Å². The molecule has 2 amide bonds. The van der Waals surface area contributed by atoms with E-state index in [1.54, 1.807) is 24.3 Å². The molecule has 4 aromatic carbocycles. The van der Waals surface area contributed by atoms with Crippen LogP contribution in [0.2, 0.25) is 0 Å². The van der Waals surface area contributed by atoms with E-state index in [-0.39, 0.29) is 35.5 Å². The first kappa shape index (κ1) is 20.9. The second-order valence-corrected chi connectivity index (χ2v) is 9.83. The highest BCUT2D eigenvalue weighted by atomic mass is 16.2. The van der Waals surface area contributed by atoms with E-state index in [4.69, 9.17) is 0 Å². The van der Waals surface area contributed by atoms with Gasteiger partial charge in [-0.1, -0.05) is 66.2 Å². The number of benzene rings is 4. The smallest absolute Gasteiger partial charge is 0.238 e. The van der Waals surface area contributed by atoms with E-state index in [0.717, 1.165) is 5.69 Å². The van der Waals surface area contributed by atoms with Gasteiger partial charge in [-0.3, -0.25) is 9.59 Å². The molecule has 1 saturated heterocycles. The topological polar surface area (TPSA) is 62.1 Å². The molecule has 1 aliphatic heterocycles. The molecule has 5 heteroatoms. The van der Waals surface area contributed by atoms with E-state index >= 15 is 0 Å². The van der Waals surface area contributed by atoms with Crippen LogP contribution in [-0.4, -0.2) is 11.8 Å². The number of azo groups is 1. The van der Waals surface area contributed by atoms with Crippen molar-refractivity contribution in [1.29, 1.82) is 0 Å². The highest BCUT2D eigenvalue weighted by molar-refractivity contribution is 6.23. The summed E-state index contributed by atoms with van der Waals surface area (Å²) in [5.41, 5.74) is 7.90. The third-order valence-electron chi connectivity index (χ3n) is 7.87. The van der Waals surface area contributed by atoms with Crippen molar-refractivity contribution < 1.29 is 9.59 Å². The molecular formula is C31H23N3O2. The molecule has 4 aliphatic rings. The Balaban J connectivity index is 1.23. The summed E-state index contributed by atoms with van der Waals surface area (Å²) in [6.45, 7) is 2.03.